The first-order valence-electron chi connectivity index (χ1n) is 11.8. The van der Waals surface area contributed by atoms with Gasteiger partial charge in [0.25, 0.3) is 0 Å². The van der Waals surface area contributed by atoms with E-state index in [-0.39, 0.29) is 24.0 Å². The molecule has 5 nitrogen and oxygen atoms in total. The standard InChI is InChI=1S/C27H34O5/c1-17(2)31-24-9-4-5-10-25(24)32-23-13-19(14-23)16-30-22-8-6-7-21(15-22)26(20-11-12-20)18(3)27(28)29/h4-10,15,17-20,23,26H,11-14,16H2,1-3H3,(H,28,29)/t18-,19?,23?,26-/m0/s1. The normalized spacial score (nSPS) is 22.0. The lowest BCUT2D eigenvalue weighted by Gasteiger charge is -2.35. The highest BCUT2D eigenvalue weighted by Crippen LogP contribution is 2.47. The summed E-state index contributed by atoms with van der Waals surface area (Å²) in [6, 6.07) is 15.9. The topological polar surface area (TPSA) is 65.0 Å². The first-order valence-corrected chi connectivity index (χ1v) is 11.8. The molecule has 2 atom stereocenters. The summed E-state index contributed by atoms with van der Waals surface area (Å²) in [5.41, 5.74) is 1.08. The summed E-state index contributed by atoms with van der Waals surface area (Å²) in [5, 5.41) is 9.51. The van der Waals surface area contributed by atoms with Crippen LogP contribution in [0.1, 0.15) is 57.9 Å². The number of ether oxygens (including phenoxy) is 3. The lowest BCUT2D eigenvalue weighted by molar-refractivity contribution is -0.142. The fourth-order valence-electron chi connectivity index (χ4n) is 4.59. The van der Waals surface area contributed by atoms with Crippen molar-refractivity contribution in [2.24, 2.45) is 17.8 Å². The largest absolute Gasteiger partial charge is 0.493 e. The van der Waals surface area contributed by atoms with Crippen LogP contribution in [0.15, 0.2) is 48.5 Å². The van der Waals surface area contributed by atoms with Gasteiger partial charge in [-0.25, -0.2) is 0 Å². The smallest absolute Gasteiger partial charge is 0.306 e. The van der Waals surface area contributed by atoms with Crippen LogP contribution in [0, 0.1) is 17.8 Å². The molecule has 172 valence electrons. The highest BCUT2D eigenvalue weighted by Gasteiger charge is 2.39. The van der Waals surface area contributed by atoms with Gasteiger partial charge in [0.2, 0.25) is 0 Å². The summed E-state index contributed by atoms with van der Waals surface area (Å²) in [6.07, 6.45) is 4.43. The van der Waals surface area contributed by atoms with Crippen molar-refractivity contribution >= 4 is 5.97 Å². The molecule has 2 aliphatic rings. The zero-order valence-electron chi connectivity index (χ0n) is 19.2. The fraction of sp³-hybridized carbons (Fsp3) is 0.519. The van der Waals surface area contributed by atoms with Crippen LogP contribution >= 0.6 is 0 Å². The summed E-state index contributed by atoms with van der Waals surface area (Å²) >= 11 is 0. The summed E-state index contributed by atoms with van der Waals surface area (Å²) < 4.78 is 18.1. The Bertz CT molecular complexity index is 914. The van der Waals surface area contributed by atoms with Crippen molar-refractivity contribution in [1.29, 1.82) is 0 Å². The number of benzene rings is 2. The van der Waals surface area contributed by atoms with Crippen LogP contribution < -0.4 is 14.2 Å². The maximum absolute atomic E-state index is 11.6. The van der Waals surface area contributed by atoms with Crippen LogP contribution in [0.4, 0.5) is 0 Å². The minimum absolute atomic E-state index is 0.0608. The van der Waals surface area contributed by atoms with Gasteiger partial charge < -0.3 is 19.3 Å². The van der Waals surface area contributed by atoms with E-state index in [0.717, 1.165) is 48.5 Å². The van der Waals surface area contributed by atoms with E-state index < -0.39 is 5.97 Å². The molecule has 0 aromatic heterocycles. The number of hydrogen-bond acceptors (Lipinski definition) is 4. The molecule has 0 aliphatic heterocycles. The van der Waals surface area contributed by atoms with Crippen molar-refractivity contribution < 1.29 is 24.1 Å². The highest BCUT2D eigenvalue weighted by molar-refractivity contribution is 5.71. The molecule has 0 saturated heterocycles. The van der Waals surface area contributed by atoms with E-state index in [1.54, 1.807) is 0 Å². The van der Waals surface area contributed by atoms with Crippen molar-refractivity contribution in [1.82, 2.24) is 0 Å². The van der Waals surface area contributed by atoms with Crippen molar-refractivity contribution in [3.05, 3.63) is 54.1 Å². The molecule has 0 spiro atoms. The molecule has 2 saturated carbocycles. The van der Waals surface area contributed by atoms with Crippen molar-refractivity contribution in [2.75, 3.05) is 6.61 Å². The van der Waals surface area contributed by atoms with Crippen molar-refractivity contribution in [3.63, 3.8) is 0 Å². The molecule has 0 bridgehead atoms. The number of carboxylic acids is 1. The van der Waals surface area contributed by atoms with E-state index >= 15 is 0 Å². The zero-order chi connectivity index (χ0) is 22.7. The summed E-state index contributed by atoms with van der Waals surface area (Å²) in [6.45, 7) is 6.49. The van der Waals surface area contributed by atoms with Crippen LogP contribution in [0.5, 0.6) is 17.2 Å². The molecule has 2 aromatic carbocycles. The molecule has 4 rings (SSSR count). The first kappa shape index (κ1) is 22.5. The number of hydrogen-bond donors (Lipinski definition) is 1. The Morgan fingerprint density at radius 3 is 2.41 bits per heavy atom. The molecule has 0 radical (unpaired) electrons. The number of rotatable bonds is 11. The molecular weight excluding hydrogens is 404 g/mol. The average Bonchev–Trinajstić information content (AvgIpc) is 3.56. The third kappa shape index (κ3) is 5.56. The minimum Gasteiger partial charge on any atom is -0.493 e. The number of para-hydroxylation sites is 2. The summed E-state index contributed by atoms with van der Waals surface area (Å²) in [5.74, 6) is 2.30. The zero-order valence-corrected chi connectivity index (χ0v) is 19.2. The monoisotopic (exact) mass is 438 g/mol. The van der Waals surface area contributed by atoms with E-state index in [0.29, 0.717) is 18.4 Å². The van der Waals surface area contributed by atoms with E-state index in [9.17, 15) is 9.90 Å². The second kappa shape index (κ2) is 9.85. The molecule has 1 N–H and O–H groups in total. The van der Waals surface area contributed by atoms with Crippen LogP contribution in [-0.2, 0) is 4.79 Å². The summed E-state index contributed by atoms with van der Waals surface area (Å²) in [7, 11) is 0. The molecule has 5 heteroatoms. The summed E-state index contributed by atoms with van der Waals surface area (Å²) in [4.78, 5) is 11.6. The quantitative estimate of drug-likeness (QED) is 0.471. The molecule has 0 unspecified atom stereocenters. The number of aliphatic carboxylic acids is 1. The predicted octanol–water partition coefficient (Wildman–Crippen LogP) is 5.92. The van der Waals surface area contributed by atoms with Crippen LogP contribution in [0.3, 0.4) is 0 Å². The van der Waals surface area contributed by atoms with Gasteiger partial charge in [-0.3, -0.25) is 4.79 Å². The van der Waals surface area contributed by atoms with E-state index in [1.165, 1.54) is 0 Å². The van der Waals surface area contributed by atoms with Crippen LogP contribution in [-0.4, -0.2) is 29.9 Å². The molecular formula is C27H34O5. The molecule has 2 fully saturated rings. The highest BCUT2D eigenvalue weighted by atomic mass is 16.5. The fourth-order valence-corrected chi connectivity index (χ4v) is 4.59. The van der Waals surface area contributed by atoms with Gasteiger partial charge in [-0.15, -0.1) is 0 Å². The number of carboxylic acid groups (broad SMARTS) is 1. The Labute approximate surface area is 190 Å². The van der Waals surface area contributed by atoms with Crippen LogP contribution in [0.25, 0.3) is 0 Å². The van der Waals surface area contributed by atoms with E-state index in [2.05, 4.69) is 0 Å². The van der Waals surface area contributed by atoms with Gasteiger partial charge in [0, 0.05) is 0 Å². The van der Waals surface area contributed by atoms with Gasteiger partial charge in [0.1, 0.15) is 5.75 Å². The number of carbonyl (C=O) groups is 1. The minimum atomic E-state index is -0.728. The molecule has 2 aromatic rings. The Balaban J connectivity index is 1.28. The second-order valence-electron chi connectivity index (χ2n) is 9.56. The van der Waals surface area contributed by atoms with Gasteiger partial charge in [0.15, 0.2) is 11.5 Å². The van der Waals surface area contributed by atoms with E-state index in [4.69, 9.17) is 14.2 Å². The molecule has 32 heavy (non-hydrogen) atoms. The molecule has 0 amide bonds. The van der Waals surface area contributed by atoms with Crippen molar-refractivity contribution in [3.8, 4) is 17.2 Å². The third-order valence-corrected chi connectivity index (χ3v) is 6.48. The van der Waals surface area contributed by atoms with Gasteiger partial charge in [-0.1, -0.05) is 31.2 Å². The van der Waals surface area contributed by atoms with Crippen molar-refractivity contribution in [2.45, 2.75) is 64.6 Å². The van der Waals surface area contributed by atoms with E-state index in [1.807, 2.05) is 69.3 Å². The average molecular weight is 439 g/mol. The second-order valence-corrected chi connectivity index (χ2v) is 9.56. The van der Waals surface area contributed by atoms with Gasteiger partial charge in [-0.2, -0.15) is 0 Å². The molecule has 2 aliphatic carbocycles. The Morgan fingerprint density at radius 2 is 1.75 bits per heavy atom. The van der Waals surface area contributed by atoms with Gasteiger partial charge in [-0.05, 0) is 87.1 Å². The third-order valence-electron chi connectivity index (χ3n) is 6.48. The molecule has 0 heterocycles. The lowest BCUT2D eigenvalue weighted by Crippen LogP contribution is -2.37. The lowest BCUT2D eigenvalue weighted by atomic mass is 9.82. The maximum atomic E-state index is 11.6. The Hall–Kier alpha value is -2.69. The Kier molecular flexibility index (Phi) is 6.92. The van der Waals surface area contributed by atoms with Gasteiger partial charge >= 0.3 is 5.97 Å². The maximum Gasteiger partial charge on any atom is 0.306 e. The predicted molar refractivity (Wildman–Crippen MR) is 124 cm³/mol. The van der Waals surface area contributed by atoms with Gasteiger partial charge in [0.05, 0.1) is 24.7 Å². The SMILES string of the molecule is CC(C)Oc1ccccc1OC1CC(COc2cccc([C@H](C3CC3)[C@H](C)C(=O)O)c2)C1. The first-order chi connectivity index (χ1) is 15.4. The van der Waals surface area contributed by atoms with Crippen LogP contribution in [0.2, 0.25) is 0 Å². The Morgan fingerprint density at radius 1 is 1.03 bits per heavy atom.